The van der Waals surface area contributed by atoms with Gasteiger partial charge in [-0.3, -0.25) is 9.69 Å². The van der Waals surface area contributed by atoms with E-state index in [4.69, 9.17) is 4.74 Å². The fourth-order valence-electron chi connectivity index (χ4n) is 3.95. The van der Waals surface area contributed by atoms with Crippen LogP contribution in [0.5, 0.6) is 5.75 Å². The van der Waals surface area contributed by atoms with Crippen LogP contribution in [-0.2, 0) is 0 Å². The zero-order valence-corrected chi connectivity index (χ0v) is 18.2. The first-order valence-corrected chi connectivity index (χ1v) is 10.7. The number of hydrogen-bond donors (Lipinski definition) is 2. The lowest BCUT2D eigenvalue weighted by Gasteiger charge is -2.34. The number of likely N-dealkylation sites (N-methyl/N-ethyl adjacent to an activating group) is 1. The summed E-state index contributed by atoms with van der Waals surface area (Å²) in [7, 11) is 3.66. The van der Waals surface area contributed by atoms with Crippen molar-refractivity contribution in [1.29, 1.82) is 0 Å². The molecule has 1 heterocycles. The van der Waals surface area contributed by atoms with Crippen molar-refractivity contribution in [2.24, 2.45) is 0 Å². The third-order valence-corrected chi connectivity index (χ3v) is 5.70. The second kappa shape index (κ2) is 10.5. The lowest BCUT2D eigenvalue weighted by atomic mass is 10.0. The lowest BCUT2D eigenvalue weighted by molar-refractivity contribution is 0.0950. The molecule has 0 radical (unpaired) electrons. The Labute approximate surface area is 179 Å². The van der Waals surface area contributed by atoms with Crippen molar-refractivity contribution in [3.63, 3.8) is 0 Å². The Kier molecular flexibility index (Phi) is 7.71. The number of benzene rings is 2. The van der Waals surface area contributed by atoms with Gasteiger partial charge >= 0.3 is 0 Å². The molecule has 0 aliphatic carbocycles. The highest BCUT2D eigenvalue weighted by atomic mass is 16.5. The minimum Gasteiger partial charge on any atom is -0.496 e. The van der Waals surface area contributed by atoms with Crippen LogP contribution in [0.1, 0.15) is 41.7 Å². The molecule has 30 heavy (non-hydrogen) atoms. The molecule has 2 N–H and O–H groups in total. The predicted molar refractivity (Wildman–Crippen MR) is 120 cm³/mol. The van der Waals surface area contributed by atoms with E-state index < -0.39 is 0 Å². The monoisotopic (exact) mass is 411 g/mol. The summed E-state index contributed by atoms with van der Waals surface area (Å²) in [5.41, 5.74) is 2.74. The number of aliphatic hydroxyl groups is 1. The van der Waals surface area contributed by atoms with E-state index in [0.717, 1.165) is 31.6 Å². The third kappa shape index (κ3) is 5.32. The van der Waals surface area contributed by atoms with Gasteiger partial charge in [-0.05, 0) is 30.5 Å². The fourth-order valence-corrected chi connectivity index (χ4v) is 3.95. The van der Waals surface area contributed by atoms with Gasteiger partial charge in [0.25, 0.3) is 5.91 Å². The molecule has 0 saturated carbocycles. The average molecular weight is 412 g/mol. The molecular formula is C24H33N3O3. The smallest absolute Gasteiger partial charge is 0.255 e. The molecular weight excluding hydrogens is 378 g/mol. The van der Waals surface area contributed by atoms with Crippen LogP contribution >= 0.6 is 0 Å². The molecule has 6 heteroatoms. The van der Waals surface area contributed by atoms with Crippen molar-refractivity contribution in [2.45, 2.75) is 31.9 Å². The number of nitrogens with one attached hydrogen (secondary N) is 1. The Morgan fingerprint density at radius 3 is 2.70 bits per heavy atom. The fraction of sp³-hybridized carbons (Fsp3) is 0.458. The van der Waals surface area contributed by atoms with Crippen LogP contribution < -0.4 is 15.0 Å². The highest BCUT2D eigenvalue weighted by molar-refractivity contribution is 5.97. The number of ether oxygens (including phenoxy) is 1. The minimum absolute atomic E-state index is 0.112. The summed E-state index contributed by atoms with van der Waals surface area (Å²) in [5, 5.41) is 12.9. The van der Waals surface area contributed by atoms with Gasteiger partial charge in [-0.2, -0.15) is 0 Å². The van der Waals surface area contributed by atoms with E-state index >= 15 is 0 Å². The molecule has 2 aromatic carbocycles. The second-order valence-corrected chi connectivity index (χ2v) is 7.88. The van der Waals surface area contributed by atoms with Gasteiger partial charge in [-0.1, -0.05) is 37.3 Å². The molecule has 2 atom stereocenters. The number of hydrogen-bond acceptors (Lipinski definition) is 5. The van der Waals surface area contributed by atoms with Crippen molar-refractivity contribution >= 4 is 11.6 Å². The van der Waals surface area contributed by atoms with Crippen LogP contribution in [0.25, 0.3) is 0 Å². The van der Waals surface area contributed by atoms with Crippen molar-refractivity contribution < 1.29 is 14.6 Å². The summed E-state index contributed by atoms with van der Waals surface area (Å²) < 4.78 is 5.54. The maximum absolute atomic E-state index is 12.4. The molecule has 1 aliphatic heterocycles. The highest BCUT2D eigenvalue weighted by Gasteiger charge is 2.26. The Bertz CT molecular complexity index is 828. The Morgan fingerprint density at radius 2 is 2.07 bits per heavy atom. The van der Waals surface area contributed by atoms with Crippen LogP contribution in [-0.4, -0.2) is 62.4 Å². The summed E-state index contributed by atoms with van der Waals surface area (Å²) in [6, 6.07) is 16.2. The van der Waals surface area contributed by atoms with E-state index in [2.05, 4.69) is 46.4 Å². The SMILES string of the molecule is CCCNC(=O)c1ccc(N(C)[C@H](CN2CC[C@H](O)C2)c2ccccc2)cc1OC. The standard InChI is InChI=1S/C24H33N3O3/c1-4-13-25-24(29)21-11-10-19(15-23(21)30-3)26(2)22(18-8-6-5-7-9-18)17-27-14-12-20(28)16-27/h5-11,15,20,22,28H,4,12-14,16-17H2,1-3H3,(H,25,29)/t20-,22+/m0/s1. The molecule has 0 spiro atoms. The molecule has 0 aromatic heterocycles. The van der Waals surface area contributed by atoms with E-state index in [0.29, 0.717) is 24.4 Å². The molecule has 162 valence electrons. The first kappa shape index (κ1) is 22.1. The average Bonchev–Trinajstić information content (AvgIpc) is 3.20. The quantitative estimate of drug-likeness (QED) is 0.664. The number of rotatable bonds is 9. The number of aliphatic hydroxyl groups excluding tert-OH is 1. The summed E-state index contributed by atoms with van der Waals surface area (Å²) in [5.74, 6) is 0.449. The Hall–Kier alpha value is -2.57. The lowest BCUT2D eigenvalue weighted by Crippen LogP contribution is -2.36. The van der Waals surface area contributed by atoms with E-state index in [1.807, 2.05) is 31.2 Å². The number of nitrogens with zero attached hydrogens (tertiary/aromatic N) is 2. The van der Waals surface area contributed by atoms with Crippen molar-refractivity contribution in [3.8, 4) is 5.75 Å². The minimum atomic E-state index is -0.243. The number of carbonyl (C=O) groups is 1. The zero-order chi connectivity index (χ0) is 21.5. The maximum atomic E-state index is 12.4. The maximum Gasteiger partial charge on any atom is 0.255 e. The summed E-state index contributed by atoms with van der Waals surface area (Å²) in [6.07, 6.45) is 1.46. The van der Waals surface area contributed by atoms with Gasteiger partial charge in [-0.25, -0.2) is 0 Å². The van der Waals surface area contributed by atoms with Gasteiger partial charge in [0.2, 0.25) is 0 Å². The number of carbonyl (C=O) groups excluding carboxylic acids is 1. The Balaban J connectivity index is 1.86. The number of anilines is 1. The summed E-state index contributed by atoms with van der Waals surface area (Å²) >= 11 is 0. The largest absolute Gasteiger partial charge is 0.496 e. The molecule has 1 amide bonds. The topological polar surface area (TPSA) is 65.0 Å². The first-order chi connectivity index (χ1) is 14.5. The number of likely N-dealkylation sites (tertiary alicyclic amines) is 1. The third-order valence-electron chi connectivity index (χ3n) is 5.70. The van der Waals surface area contributed by atoms with Crippen LogP contribution in [0.15, 0.2) is 48.5 Å². The van der Waals surface area contributed by atoms with Gasteiger partial charge in [0.1, 0.15) is 5.75 Å². The van der Waals surface area contributed by atoms with Crippen LogP contribution in [0, 0.1) is 0 Å². The van der Waals surface area contributed by atoms with Gasteiger partial charge in [0, 0.05) is 45.0 Å². The molecule has 3 rings (SSSR count). The molecule has 0 bridgehead atoms. The van der Waals surface area contributed by atoms with Crippen LogP contribution in [0.4, 0.5) is 5.69 Å². The van der Waals surface area contributed by atoms with E-state index in [9.17, 15) is 9.90 Å². The summed E-state index contributed by atoms with van der Waals surface area (Å²) in [4.78, 5) is 17.0. The number of amides is 1. The van der Waals surface area contributed by atoms with Gasteiger partial charge in [0.05, 0.1) is 24.8 Å². The molecule has 2 aromatic rings. The summed E-state index contributed by atoms with van der Waals surface area (Å²) in [6.45, 7) is 5.09. The van der Waals surface area contributed by atoms with Crippen molar-refractivity contribution in [3.05, 3.63) is 59.7 Å². The van der Waals surface area contributed by atoms with E-state index in [1.54, 1.807) is 7.11 Å². The molecule has 0 unspecified atom stereocenters. The molecule has 6 nitrogen and oxygen atoms in total. The Morgan fingerprint density at radius 1 is 1.30 bits per heavy atom. The van der Waals surface area contributed by atoms with Gasteiger partial charge < -0.3 is 20.1 Å². The van der Waals surface area contributed by atoms with Crippen molar-refractivity contribution in [1.82, 2.24) is 10.2 Å². The molecule has 1 saturated heterocycles. The van der Waals surface area contributed by atoms with Gasteiger partial charge in [-0.15, -0.1) is 0 Å². The zero-order valence-electron chi connectivity index (χ0n) is 18.2. The molecule has 1 aliphatic rings. The van der Waals surface area contributed by atoms with E-state index in [-0.39, 0.29) is 18.1 Å². The van der Waals surface area contributed by atoms with E-state index in [1.165, 1.54) is 5.56 Å². The van der Waals surface area contributed by atoms with Gasteiger partial charge in [0.15, 0.2) is 0 Å². The second-order valence-electron chi connectivity index (χ2n) is 7.88. The number of methoxy groups -OCH3 is 1. The predicted octanol–water partition coefficient (Wildman–Crippen LogP) is 3.08. The highest BCUT2D eigenvalue weighted by Crippen LogP contribution is 2.31. The van der Waals surface area contributed by atoms with Crippen LogP contribution in [0.3, 0.4) is 0 Å². The van der Waals surface area contributed by atoms with Crippen LogP contribution in [0.2, 0.25) is 0 Å². The van der Waals surface area contributed by atoms with Crippen molar-refractivity contribution in [2.75, 3.05) is 45.2 Å². The first-order valence-electron chi connectivity index (χ1n) is 10.7. The normalized spacial score (nSPS) is 17.5. The number of β-amino-alcohol motifs (C(OH)–C–C–N with tert-alkyl or cyclic N) is 1. The molecule has 1 fully saturated rings.